The van der Waals surface area contributed by atoms with Crippen LogP contribution in [-0.4, -0.2) is 34.0 Å². The van der Waals surface area contributed by atoms with Gasteiger partial charge in [0, 0.05) is 18.7 Å². The molecular formula is C16H15ClN2O6. The predicted octanol–water partition coefficient (Wildman–Crippen LogP) is 1.22. The van der Waals surface area contributed by atoms with Crippen molar-refractivity contribution in [2.75, 3.05) is 6.07 Å². The number of aromatic nitrogens is 2. The summed E-state index contributed by atoms with van der Waals surface area (Å²) < 4.78 is 17.5. The molecule has 1 aromatic heterocycles. The lowest BCUT2D eigenvalue weighted by molar-refractivity contribution is -0.154. The number of hydrogen-bond acceptors (Lipinski definition) is 6. The Morgan fingerprint density at radius 3 is 2.72 bits per heavy atom. The van der Waals surface area contributed by atoms with Crippen LogP contribution < -0.4 is 11.2 Å². The summed E-state index contributed by atoms with van der Waals surface area (Å²) in [5.74, 6) is -0.580. The maximum absolute atomic E-state index is 12.2. The summed E-state index contributed by atoms with van der Waals surface area (Å²) in [7, 11) is 0. The fourth-order valence-electron chi connectivity index (χ4n) is 2.52. The fourth-order valence-corrected chi connectivity index (χ4v) is 2.68. The molecular weight excluding hydrogens is 352 g/mol. The monoisotopic (exact) mass is 366 g/mol. The lowest BCUT2D eigenvalue weighted by atomic mass is 10.2. The Hall–Kier alpha value is -2.42. The lowest BCUT2D eigenvalue weighted by Gasteiger charge is -2.18. The third-order valence-electron chi connectivity index (χ3n) is 3.70. The topological polar surface area (TPSA) is 99.6 Å². The molecule has 0 saturated carbocycles. The minimum atomic E-state index is -1.03. The molecule has 132 valence electrons. The van der Waals surface area contributed by atoms with Gasteiger partial charge in [-0.3, -0.25) is 14.3 Å². The van der Waals surface area contributed by atoms with E-state index in [9.17, 15) is 14.4 Å². The van der Waals surface area contributed by atoms with Crippen LogP contribution in [0.4, 0.5) is 0 Å². The van der Waals surface area contributed by atoms with E-state index in [1.54, 1.807) is 30.3 Å². The van der Waals surface area contributed by atoms with Gasteiger partial charge in [-0.25, -0.2) is 9.59 Å². The summed E-state index contributed by atoms with van der Waals surface area (Å²) in [5.41, 5.74) is -0.780. The SMILES string of the molecule is O=C(O[C@H]1O[C@@H](n2ccc(=O)[nH]c2=O)C[C@@H]1OCCl)c1ccccc1. The van der Waals surface area contributed by atoms with Crippen molar-refractivity contribution in [1.82, 2.24) is 9.55 Å². The largest absolute Gasteiger partial charge is 0.429 e. The van der Waals surface area contributed by atoms with Crippen molar-refractivity contribution in [3.05, 3.63) is 69.0 Å². The van der Waals surface area contributed by atoms with Gasteiger partial charge in [-0.15, -0.1) is 0 Å². The summed E-state index contributed by atoms with van der Waals surface area (Å²) in [4.78, 5) is 37.4. The number of alkyl halides is 1. The highest BCUT2D eigenvalue weighted by Crippen LogP contribution is 2.31. The second-order valence-electron chi connectivity index (χ2n) is 5.30. The van der Waals surface area contributed by atoms with Gasteiger partial charge in [0.1, 0.15) is 18.4 Å². The number of nitrogens with zero attached hydrogens (tertiary/aromatic N) is 1. The first-order chi connectivity index (χ1) is 12.1. The van der Waals surface area contributed by atoms with Crippen LogP contribution in [0.1, 0.15) is 23.0 Å². The molecule has 8 nitrogen and oxygen atoms in total. The molecule has 1 N–H and O–H groups in total. The highest BCUT2D eigenvalue weighted by Gasteiger charge is 2.40. The van der Waals surface area contributed by atoms with Gasteiger partial charge in [0.2, 0.25) is 6.29 Å². The molecule has 9 heteroatoms. The van der Waals surface area contributed by atoms with E-state index in [-0.39, 0.29) is 12.5 Å². The zero-order valence-electron chi connectivity index (χ0n) is 13.0. The number of halogens is 1. The van der Waals surface area contributed by atoms with Gasteiger partial charge in [0.15, 0.2) is 0 Å². The van der Waals surface area contributed by atoms with Crippen LogP contribution in [0.25, 0.3) is 0 Å². The molecule has 0 unspecified atom stereocenters. The van der Waals surface area contributed by atoms with Gasteiger partial charge in [0.25, 0.3) is 5.56 Å². The normalized spacial score (nSPS) is 22.7. The Kier molecular flexibility index (Phi) is 5.32. The maximum Gasteiger partial charge on any atom is 0.340 e. The number of carbonyl (C=O) groups excluding carboxylic acids is 1. The van der Waals surface area contributed by atoms with Crippen LogP contribution >= 0.6 is 11.6 Å². The second kappa shape index (κ2) is 7.64. The van der Waals surface area contributed by atoms with E-state index in [4.69, 9.17) is 25.8 Å². The lowest BCUT2D eigenvalue weighted by Crippen LogP contribution is -2.32. The number of carbonyl (C=O) groups is 1. The van der Waals surface area contributed by atoms with E-state index in [0.29, 0.717) is 5.56 Å². The first-order valence-corrected chi connectivity index (χ1v) is 8.02. The van der Waals surface area contributed by atoms with Crippen LogP contribution in [0.15, 0.2) is 52.2 Å². The second-order valence-corrected chi connectivity index (χ2v) is 5.52. The molecule has 3 atom stereocenters. The van der Waals surface area contributed by atoms with Crippen molar-refractivity contribution in [2.24, 2.45) is 0 Å². The Balaban J connectivity index is 1.77. The molecule has 0 bridgehead atoms. The van der Waals surface area contributed by atoms with E-state index < -0.39 is 35.8 Å². The third-order valence-corrected chi connectivity index (χ3v) is 3.83. The summed E-state index contributed by atoms with van der Waals surface area (Å²) in [6.45, 7) is 0. The number of hydrogen-bond donors (Lipinski definition) is 1. The predicted molar refractivity (Wildman–Crippen MR) is 87.3 cm³/mol. The third kappa shape index (κ3) is 3.98. The highest BCUT2D eigenvalue weighted by atomic mass is 35.5. The zero-order chi connectivity index (χ0) is 17.8. The molecule has 3 rings (SSSR count). The van der Waals surface area contributed by atoms with Gasteiger partial charge in [0.05, 0.1) is 5.56 Å². The van der Waals surface area contributed by atoms with Gasteiger partial charge in [-0.1, -0.05) is 29.8 Å². The smallest absolute Gasteiger partial charge is 0.340 e. The zero-order valence-corrected chi connectivity index (χ0v) is 13.7. The van der Waals surface area contributed by atoms with E-state index in [2.05, 4.69) is 4.98 Å². The minimum absolute atomic E-state index is 0.124. The molecule has 1 aliphatic rings. The van der Waals surface area contributed by atoms with Crippen molar-refractivity contribution in [2.45, 2.75) is 25.0 Å². The molecule has 0 amide bonds. The molecule has 25 heavy (non-hydrogen) atoms. The average Bonchev–Trinajstić information content (AvgIpc) is 2.98. The standard InChI is InChI=1S/C16H15ClN2O6/c17-9-23-11-8-13(19-7-6-12(20)18-16(19)22)24-15(11)25-14(21)10-4-2-1-3-5-10/h1-7,11,13,15H,8-9H2,(H,18,20,22)/t11-,13+,15+/m0/s1. The number of benzene rings is 1. The van der Waals surface area contributed by atoms with Gasteiger partial charge in [-0.2, -0.15) is 0 Å². The number of ether oxygens (including phenoxy) is 3. The number of esters is 1. The van der Waals surface area contributed by atoms with Gasteiger partial charge < -0.3 is 14.2 Å². The number of nitrogens with one attached hydrogen (secondary N) is 1. The molecule has 1 aromatic carbocycles. The molecule has 2 aromatic rings. The van der Waals surface area contributed by atoms with Crippen molar-refractivity contribution < 1.29 is 19.0 Å². The number of H-pyrrole nitrogens is 1. The van der Waals surface area contributed by atoms with E-state index in [1.165, 1.54) is 16.8 Å². The molecule has 1 saturated heterocycles. The maximum atomic E-state index is 12.2. The number of aromatic amines is 1. The Labute approximate surface area is 146 Å². The van der Waals surface area contributed by atoms with E-state index in [0.717, 1.165) is 0 Å². The molecule has 1 fully saturated rings. The summed E-state index contributed by atoms with van der Waals surface area (Å²) in [6.07, 6.45) is -0.897. The highest BCUT2D eigenvalue weighted by molar-refractivity contribution is 6.17. The van der Waals surface area contributed by atoms with Crippen molar-refractivity contribution in [3.63, 3.8) is 0 Å². The quantitative estimate of drug-likeness (QED) is 0.631. The van der Waals surface area contributed by atoms with Crippen LogP contribution in [0, 0.1) is 0 Å². The van der Waals surface area contributed by atoms with Crippen LogP contribution in [0.3, 0.4) is 0 Å². The number of rotatable bonds is 5. The molecule has 0 aliphatic carbocycles. The summed E-state index contributed by atoms with van der Waals surface area (Å²) in [6, 6.07) is 9.49. The minimum Gasteiger partial charge on any atom is -0.429 e. The average molecular weight is 367 g/mol. The molecule has 0 spiro atoms. The first kappa shape index (κ1) is 17.4. The van der Waals surface area contributed by atoms with Gasteiger partial charge >= 0.3 is 11.7 Å². The molecule has 0 radical (unpaired) electrons. The van der Waals surface area contributed by atoms with Crippen LogP contribution in [-0.2, 0) is 14.2 Å². The van der Waals surface area contributed by atoms with Crippen LogP contribution in [0.2, 0.25) is 0 Å². The molecule has 1 aliphatic heterocycles. The Morgan fingerprint density at radius 1 is 1.28 bits per heavy atom. The Bertz CT molecular complexity index is 849. The van der Waals surface area contributed by atoms with Crippen molar-refractivity contribution in [3.8, 4) is 0 Å². The fraction of sp³-hybridized carbons (Fsp3) is 0.312. The van der Waals surface area contributed by atoms with E-state index in [1.807, 2.05) is 0 Å². The first-order valence-electron chi connectivity index (χ1n) is 7.49. The Morgan fingerprint density at radius 2 is 2.04 bits per heavy atom. The van der Waals surface area contributed by atoms with Gasteiger partial charge in [-0.05, 0) is 12.1 Å². The van der Waals surface area contributed by atoms with Crippen LogP contribution in [0.5, 0.6) is 0 Å². The summed E-state index contributed by atoms with van der Waals surface area (Å²) >= 11 is 5.61. The van der Waals surface area contributed by atoms with E-state index >= 15 is 0 Å². The summed E-state index contributed by atoms with van der Waals surface area (Å²) in [5, 5.41) is 0. The van der Waals surface area contributed by atoms with Crippen molar-refractivity contribution >= 4 is 17.6 Å². The van der Waals surface area contributed by atoms with Crippen molar-refractivity contribution in [1.29, 1.82) is 0 Å². The molecule has 2 heterocycles.